The maximum Gasteiger partial charge on any atom is 0.271 e. The largest absolute Gasteiger partial charge is 0.497 e. The van der Waals surface area contributed by atoms with Gasteiger partial charge in [0, 0.05) is 22.7 Å². The van der Waals surface area contributed by atoms with Crippen LogP contribution < -0.4 is 13.8 Å². The van der Waals surface area contributed by atoms with Crippen LogP contribution in [0.4, 0.5) is 5.69 Å². The van der Waals surface area contributed by atoms with Gasteiger partial charge in [0.15, 0.2) is 5.54 Å². The summed E-state index contributed by atoms with van der Waals surface area (Å²) in [6.45, 7) is 0.173. The van der Waals surface area contributed by atoms with E-state index in [4.69, 9.17) is 25.5 Å². The molecular formula is C30H28ClN3O7S. The molecule has 1 saturated heterocycles. The molecule has 0 saturated carbocycles. The van der Waals surface area contributed by atoms with Crippen LogP contribution in [0.15, 0.2) is 82.4 Å². The van der Waals surface area contributed by atoms with Crippen molar-refractivity contribution in [2.75, 3.05) is 25.1 Å². The normalized spacial score (nSPS) is 20.6. The molecule has 10 nitrogen and oxygen atoms in total. The second-order valence-electron chi connectivity index (χ2n) is 10.0. The lowest BCUT2D eigenvalue weighted by molar-refractivity contribution is -0.127. The zero-order valence-electron chi connectivity index (χ0n) is 22.9. The number of oxazole rings is 1. The minimum atomic E-state index is -4.41. The van der Waals surface area contributed by atoms with Crippen molar-refractivity contribution in [3.8, 4) is 11.5 Å². The average Bonchev–Trinajstić information content (AvgIpc) is 3.76. The van der Waals surface area contributed by atoms with Gasteiger partial charge in [0.05, 0.1) is 43.6 Å². The predicted octanol–water partition coefficient (Wildman–Crippen LogP) is 4.65. The highest BCUT2D eigenvalue weighted by Crippen LogP contribution is 2.56. The third-order valence-corrected chi connectivity index (χ3v) is 9.86. The summed E-state index contributed by atoms with van der Waals surface area (Å²) in [4.78, 5) is 21.4. The Labute approximate surface area is 248 Å². The van der Waals surface area contributed by atoms with Crippen molar-refractivity contribution in [1.82, 2.24) is 9.88 Å². The molecule has 42 heavy (non-hydrogen) atoms. The Bertz CT molecular complexity index is 1750. The number of likely N-dealkylation sites (tertiary alicyclic amines) is 1. The molecule has 3 aromatic carbocycles. The maximum absolute atomic E-state index is 15.1. The molecular weight excluding hydrogens is 582 g/mol. The van der Waals surface area contributed by atoms with Gasteiger partial charge in [-0.25, -0.2) is 17.7 Å². The molecule has 2 atom stereocenters. The van der Waals surface area contributed by atoms with E-state index in [2.05, 4.69) is 4.98 Å². The van der Waals surface area contributed by atoms with Crippen LogP contribution in [0.1, 0.15) is 41.5 Å². The van der Waals surface area contributed by atoms with E-state index in [1.807, 2.05) is 4.90 Å². The highest BCUT2D eigenvalue weighted by molar-refractivity contribution is 7.93. The molecule has 0 aliphatic carbocycles. The van der Waals surface area contributed by atoms with Gasteiger partial charge in [-0.1, -0.05) is 23.7 Å². The van der Waals surface area contributed by atoms with Crippen LogP contribution in [0.5, 0.6) is 11.5 Å². The summed E-state index contributed by atoms with van der Waals surface area (Å²) in [6, 6.07) is 15.2. The summed E-state index contributed by atoms with van der Waals surface area (Å²) >= 11 is 6.56. The van der Waals surface area contributed by atoms with Crippen LogP contribution in [-0.4, -0.2) is 50.1 Å². The molecule has 0 spiro atoms. The van der Waals surface area contributed by atoms with Crippen molar-refractivity contribution in [2.24, 2.45) is 0 Å². The summed E-state index contributed by atoms with van der Waals surface area (Å²) < 4.78 is 46.2. The molecule has 4 aromatic rings. The first-order valence-corrected chi connectivity index (χ1v) is 15.1. The minimum absolute atomic E-state index is 0.0818. The number of carbonyl (C=O) groups is 1. The number of nitrogens with zero attached hydrogens (tertiary/aromatic N) is 3. The first kappa shape index (κ1) is 28.2. The van der Waals surface area contributed by atoms with Crippen molar-refractivity contribution < 1.29 is 32.2 Å². The first-order chi connectivity index (χ1) is 20.3. The third kappa shape index (κ3) is 4.18. The minimum Gasteiger partial charge on any atom is -0.497 e. The summed E-state index contributed by atoms with van der Waals surface area (Å²) in [5.74, 6) is 0.472. The number of rotatable bonds is 8. The van der Waals surface area contributed by atoms with Gasteiger partial charge in [0.25, 0.3) is 15.9 Å². The molecule has 6 rings (SSSR count). The number of aliphatic hydroxyl groups is 1. The summed E-state index contributed by atoms with van der Waals surface area (Å²) in [7, 11) is -1.46. The Morgan fingerprint density at radius 2 is 1.86 bits per heavy atom. The number of sulfonamides is 1. The quantitative estimate of drug-likeness (QED) is 0.304. The molecule has 2 aliphatic rings. The van der Waals surface area contributed by atoms with Gasteiger partial charge in [0.1, 0.15) is 17.8 Å². The lowest BCUT2D eigenvalue weighted by atomic mass is 9.80. The van der Waals surface area contributed by atoms with E-state index >= 15 is 4.79 Å². The van der Waals surface area contributed by atoms with Crippen molar-refractivity contribution in [3.05, 3.63) is 101 Å². The van der Waals surface area contributed by atoms with E-state index in [0.717, 1.165) is 4.31 Å². The maximum atomic E-state index is 15.1. The van der Waals surface area contributed by atoms with E-state index < -0.39 is 27.5 Å². The van der Waals surface area contributed by atoms with Gasteiger partial charge in [-0.05, 0) is 66.9 Å². The molecule has 12 heteroatoms. The fourth-order valence-corrected chi connectivity index (χ4v) is 7.72. The van der Waals surface area contributed by atoms with Gasteiger partial charge in [-0.2, -0.15) is 0 Å². The standard InChI is InChI=1S/C30H28ClN3O7S/c1-39-21-7-9-22(10-8-21)42(37,38)34-25-12-6-20(31)17-24(25)30(29(34)36,23-11-5-19(18-35)16-27(23)40-2)33-14-3-4-26(33)28-32-13-15-41-28/h5-13,15-17,26,35H,3-4,14,18H2,1-2H3. The van der Waals surface area contributed by atoms with Crippen molar-refractivity contribution in [2.45, 2.75) is 35.9 Å². The monoisotopic (exact) mass is 609 g/mol. The number of anilines is 1. The summed E-state index contributed by atoms with van der Waals surface area (Å²) in [6.07, 6.45) is 4.32. The van der Waals surface area contributed by atoms with Crippen molar-refractivity contribution >= 4 is 33.2 Å². The van der Waals surface area contributed by atoms with Crippen LogP contribution in [0.2, 0.25) is 5.02 Å². The number of aromatic nitrogens is 1. The van der Waals surface area contributed by atoms with Gasteiger partial charge >= 0.3 is 0 Å². The first-order valence-electron chi connectivity index (χ1n) is 13.3. The van der Waals surface area contributed by atoms with E-state index in [1.54, 1.807) is 36.4 Å². The number of ether oxygens (including phenoxy) is 2. The van der Waals surface area contributed by atoms with Crippen LogP contribution in [0.25, 0.3) is 0 Å². The van der Waals surface area contributed by atoms with E-state index in [9.17, 15) is 13.5 Å². The lowest BCUT2D eigenvalue weighted by Gasteiger charge is -2.41. The number of hydrogen-bond donors (Lipinski definition) is 1. The SMILES string of the molecule is COc1ccc(S(=O)(=O)N2C(=O)C(c3ccc(CO)cc3OC)(N3CCCC3c3ncco3)c3cc(Cl)ccc32)cc1. The second kappa shape index (κ2) is 10.7. The van der Waals surface area contributed by atoms with Gasteiger partial charge in [-0.3, -0.25) is 9.69 Å². The van der Waals surface area contributed by atoms with Crippen LogP contribution in [0, 0.1) is 0 Å². The molecule has 3 heterocycles. The molecule has 1 amide bonds. The molecule has 1 fully saturated rings. The number of benzene rings is 3. The molecule has 0 radical (unpaired) electrons. The number of amides is 1. The second-order valence-corrected chi connectivity index (χ2v) is 12.3. The fraction of sp³-hybridized carbons (Fsp3) is 0.267. The summed E-state index contributed by atoms with van der Waals surface area (Å²) in [5, 5.41) is 10.2. The molecule has 2 unspecified atom stereocenters. The smallest absolute Gasteiger partial charge is 0.271 e. The number of hydrogen-bond acceptors (Lipinski definition) is 9. The Balaban J connectivity index is 1.66. The zero-order chi connectivity index (χ0) is 29.6. The molecule has 2 aliphatic heterocycles. The lowest BCUT2D eigenvalue weighted by Crippen LogP contribution is -2.54. The van der Waals surface area contributed by atoms with Crippen molar-refractivity contribution in [3.63, 3.8) is 0 Å². The van der Waals surface area contributed by atoms with Crippen LogP contribution in [0.3, 0.4) is 0 Å². The van der Waals surface area contributed by atoms with Gasteiger partial charge < -0.3 is 19.0 Å². The van der Waals surface area contributed by atoms with Crippen LogP contribution in [-0.2, 0) is 27.0 Å². The molecule has 0 bridgehead atoms. The Morgan fingerprint density at radius 1 is 1.07 bits per heavy atom. The Hall–Kier alpha value is -3.90. The number of carbonyl (C=O) groups excluding carboxylic acids is 1. The highest BCUT2D eigenvalue weighted by atomic mass is 35.5. The van der Waals surface area contributed by atoms with Crippen molar-refractivity contribution in [1.29, 1.82) is 0 Å². The predicted molar refractivity (Wildman–Crippen MR) is 154 cm³/mol. The summed E-state index contributed by atoms with van der Waals surface area (Å²) in [5.41, 5.74) is -0.177. The Morgan fingerprint density at radius 3 is 2.52 bits per heavy atom. The average molecular weight is 610 g/mol. The van der Waals surface area contributed by atoms with E-state index in [-0.39, 0.29) is 17.2 Å². The van der Waals surface area contributed by atoms with Gasteiger partial charge in [-0.15, -0.1) is 0 Å². The zero-order valence-corrected chi connectivity index (χ0v) is 24.4. The highest BCUT2D eigenvalue weighted by Gasteiger charge is 2.62. The van der Waals surface area contributed by atoms with E-state index in [0.29, 0.717) is 58.5 Å². The fourth-order valence-electron chi connectivity index (χ4n) is 6.09. The number of methoxy groups -OCH3 is 2. The van der Waals surface area contributed by atoms with Crippen LogP contribution >= 0.6 is 11.6 Å². The third-order valence-electron chi connectivity index (χ3n) is 7.92. The number of halogens is 1. The molecule has 1 N–H and O–H groups in total. The molecule has 218 valence electrons. The number of aliphatic hydroxyl groups excluding tert-OH is 1. The Kier molecular flexibility index (Phi) is 7.22. The molecule has 1 aromatic heterocycles. The number of fused-ring (bicyclic) bond motifs is 1. The topological polar surface area (TPSA) is 122 Å². The van der Waals surface area contributed by atoms with Gasteiger partial charge in [0.2, 0.25) is 5.89 Å². The van der Waals surface area contributed by atoms with E-state index in [1.165, 1.54) is 50.9 Å².